The van der Waals surface area contributed by atoms with Crippen molar-refractivity contribution in [2.45, 2.75) is 17.8 Å². The first kappa shape index (κ1) is 20.6. The molecule has 0 aliphatic carbocycles. The molecular weight excluding hydrogens is 407 g/mol. The molecule has 0 saturated carbocycles. The molecule has 1 unspecified atom stereocenters. The van der Waals surface area contributed by atoms with Gasteiger partial charge in [-0.15, -0.1) is 5.10 Å². The molecule has 1 atom stereocenters. The Labute approximate surface area is 167 Å². The molecule has 10 heteroatoms. The van der Waals surface area contributed by atoms with Crippen molar-refractivity contribution in [3.63, 3.8) is 0 Å². The molecule has 1 heterocycles. The van der Waals surface area contributed by atoms with Gasteiger partial charge in [0.2, 0.25) is 5.91 Å². The zero-order valence-corrected chi connectivity index (χ0v) is 15.5. The molecule has 1 amide bonds. The average Bonchev–Trinajstić information content (AvgIpc) is 3.00. The van der Waals surface area contributed by atoms with Gasteiger partial charge in [-0.2, -0.15) is 18.3 Å². The molecule has 3 rings (SSSR count). The van der Waals surface area contributed by atoms with Gasteiger partial charge in [-0.3, -0.25) is 9.59 Å². The molecule has 1 aliphatic heterocycles. The Hall–Kier alpha value is -3.14. The summed E-state index contributed by atoms with van der Waals surface area (Å²) in [6.07, 6.45) is -3.23. The van der Waals surface area contributed by atoms with Gasteiger partial charge in [0.1, 0.15) is 5.25 Å². The molecule has 1 fully saturated rings. The number of aliphatic carboxylic acids is 1. The number of carbonyl (C=O) groups is 2. The van der Waals surface area contributed by atoms with Crippen molar-refractivity contribution in [3.8, 4) is 11.1 Å². The van der Waals surface area contributed by atoms with Crippen molar-refractivity contribution in [2.24, 2.45) is 10.2 Å². The lowest BCUT2D eigenvalue weighted by molar-refractivity contribution is -0.138. The summed E-state index contributed by atoms with van der Waals surface area (Å²) in [6.45, 7) is 0. The molecule has 150 valence electrons. The van der Waals surface area contributed by atoms with Crippen molar-refractivity contribution < 1.29 is 27.9 Å². The monoisotopic (exact) mass is 421 g/mol. The van der Waals surface area contributed by atoms with Crippen molar-refractivity contribution in [1.82, 2.24) is 5.32 Å². The van der Waals surface area contributed by atoms with Gasteiger partial charge < -0.3 is 10.4 Å². The first-order valence-corrected chi connectivity index (χ1v) is 9.18. The van der Waals surface area contributed by atoms with Crippen LogP contribution in [0.3, 0.4) is 0 Å². The second-order valence-electron chi connectivity index (χ2n) is 6.04. The summed E-state index contributed by atoms with van der Waals surface area (Å²) in [5.41, 5.74) is 1.39. The lowest BCUT2D eigenvalue weighted by Crippen LogP contribution is -2.26. The summed E-state index contributed by atoms with van der Waals surface area (Å²) in [4.78, 5) is 22.3. The van der Waals surface area contributed by atoms with Crippen LogP contribution in [0.5, 0.6) is 0 Å². The molecule has 0 radical (unpaired) electrons. The fourth-order valence-electron chi connectivity index (χ4n) is 2.51. The summed E-state index contributed by atoms with van der Waals surface area (Å²) in [6, 6.07) is 11.8. The molecule has 0 bridgehead atoms. The number of hydrogen-bond donors (Lipinski definition) is 2. The summed E-state index contributed by atoms with van der Waals surface area (Å²) < 4.78 is 37.9. The molecule has 2 aromatic rings. The Bertz CT molecular complexity index is 971. The molecule has 1 aliphatic rings. The summed E-state index contributed by atoms with van der Waals surface area (Å²) in [5.74, 6) is -1.50. The third-order valence-corrected chi connectivity index (χ3v) is 5.02. The van der Waals surface area contributed by atoms with E-state index < -0.39 is 28.9 Å². The fourth-order valence-corrected chi connectivity index (χ4v) is 3.42. The van der Waals surface area contributed by atoms with E-state index >= 15 is 0 Å². The highest BCUT2D eigenvalue weighted by Crippen LogP contribution is 2.31. The molecule has 29 heavy (non-hydrogen) atoms. The Kier molecular flexibility index (Phi) is 6.02. The van der Waals surface area contributed by atoms with Crippen LogP contribution in [0, 0.1) is 0 Å². The lowest BCUT2D eigenvalue weighted by atomic mass is 10.0. The van der Waals surface area contributed by atoms with Gasteiger partial charge in [0.25, 0.3) is 0 Å². The van der Waals surface area contributed by atoms with E-state index in [1.807, 2.05) is 0 Å². The Morgan fingerprint density at radius 2 is 1.69 bits per heavy atom. The Morgan fingerprint density at radius 3 is 2.24 bits per heavy atom. The Morgan fingerprint density at radius 1 is 1.10 bits per heavy atom. The summed E-state index contributed by atoms with van der Waals surface area (Å²) in [7, 11) is 0. The number of nitrogens with one attached hydrogen (secondary N) is 1. The van der Waals surface area contributed by atoms with Gasteiger partial charge in [-0.25, -0.2) is 0 Å². The van der Waals surface area contributed by atoms with Crippen molar-refractivity contribution in [1.29, 1.82) is 0 Å². The van der Waals surface area contributed by atoms with E-state index in [4.69, 9.17) is 5.11 Å². The maximum absolute atomic E-state index is 12.6. The second-order valence-corrected chi connectivity index (χ2v) is 7.23. The minimum Gasteiger partial charge on any atom is -0.481 e. The molecular formula is C19H14F3N3O3S. The van der Waals surface area contributed by atoms with Gasteiger partial charge in [0.05, 0.1) is 18.2 Å². The van der Waals surface area contributed by atoms with Gasteiger partial charge in [0, 0.05) is 0 Å². The molecule has 0 aromatic heterocycles. The van der Waals surface area contributed by atoms with E-state index in [1.165, 1.54) is 18.3 Å². The number of carbonyl (C=O) groups excluding carboxylic acids is 1. The molecule has 2 aromatic carbocycles. The number of nitrogens with zero attached hydrogens (tertiary/aromatic N) is 2. The van der Waals surface area contributed by atoms with Crippen LogP contribution in [-0.2, 0) is 15.8 Å². The first-order valence-electron chi connectivity index (χ1n) is 8.30. The standard InChI is InChI=1S/C19H14F3N3O3S/c20-19(21,22)14-7-5-13(6-8-14)12-3-1-11(2-4-12)10-23-25-18-24-17(28)15(29-18)9-16(26)27/h1-8,10,15H,9H2,(H,26,27)(H,24,25,28). The molecule has 0 spiro atoms. The van der Waals surface area contributed by atoms with Gasteiger partial charge in [0.15, 0.2) is 5.17 Å². The number of amides is 1. The highest BCUT2D eigenvalue weighted by molar-refractivity contribution is 8.15. The zero-order valence-electron chi connectivity index (χ0n) is 14.7. The van der Waals surface area contributed by atoms with Crippen molar-refractivity contribution in [2.75, 3.05) is 0 Å². The van der Waals surface area contributed by atoms with Crippen LogP contribution in [0.4, 0.5) is 13.2 Å². The van der Waals surface area contributed by atoms with Crippen LogP contribution in [0.25, 0.3) is 11.1 Å². The maximum atomic E-state index is 12.6. The normalized spacial score (nSPS) is 18.4. The van der Waals surface area contributed by atoms with E-state index in [9.17, 15) is 22.8 Å². The number of rotatable bonds is 5. The molecule has 2 N–H and O–H groups in total. The quantitative estimate of drug-likeness (QED) is 0.568. The smallest absolute Gasteiger partial charge is 0.416 e. The SMILES string of the molecule is O=C(O)CC1SC(=NN=Cc2ccc(-c3ccc(C(F)(F)F)cc3)cc2)NC1=O. The maximum Gasteiger partial charge on any atom is 0.416 e. The van der Waals surface area contributed by atoms with Crippen molar-refractivity contribution in [3.05, 3.63) is 59.7 Å². The van der Waals surface area contributed by atoms with Crippen molar-refractivity contribution >= 4 is 35.0 Å². The topological polar surface area (TPSA) is 91.1 Å². The molecule has 6 nitrogen and oxygen atoms in total. The van der Waals surface area contributed by atoms with E-state index in [2.05, 4.69) is 15.5 Å². The third-order valence-electron chi connectivity index (χ3n) is 3.95. The van der Waals surface area contributed by atoms with Crippen LogP contribution in [0.1, 0.15) is 17.5 Å². The number of benzene rings is 2. The van der Waals surface area contributed by atoms with Gasteiger partial charge in [-0.05, 0) is 28.8 Å². The first-order chi connectivity index (χ1) is 13.7. The third kappa shape index (κ3) is 5.44. The average molecular weight is 421 g/mol. The largest absolute Gasteiger partial charge is 0.481 e. The predicted octanol–water partition coefficient (Wildman–Crippen LogP) is 3.77. The highest BCUT2D eigenvalue weighted by atomic mass is 32.2. The highest BCUT2D eigenvalue weighted by Gasteiger charge is 2.32. The van der Waals surface area contributed by atoms with Crippen LogP contribution in [0.2, 0.25) is 0 Å². The minimum atomic E-state index is -4.37. The number of thioether (sulfide) groups is 1. The van der Waals surface area contributed by atoms with E-state index in [1.54, 1.807) is 24.3 Å². The summed E-state index contributed by atoms with van der Waals surface area (Å²) in [5, 5.41) is 18.4. The number of alkyl halides is 3. The predicted molar refractivity (Wildman–Crippen MR) is 104 cm³/mol. The van der Waals surface area contributed by atoms with E-state index in [0.29, 0.717) is 11.1 Å². The zero-order chi connectivity index (χ0) is 21.0. The fraction of sp³-hybridized carbons (Fsp3) is 0.158. The second kappa shape index (κ2) is 8.48. The van der Waals surface area contributed by atoms with Gasteiger partial charge in [-0.1, -0.05) is 48.2 Å². The van der Waals surface area contributed by atoms with Gasteiger partial charge >= 0.3 is 12.1 Å². The van der Waals surface area contributed by atoms with E-state index in [-0.39, 0.29) is 11.6 Å². The number of hydrogen-bond acceptors (Lipinski definition) is 5. The number of carboxylic acid groups (broad SMARTS) is 1. The lowest BCUT2D eigenvalue weighted by Gasteiger charge is -2.07. The molecule has 1 saturated heterocycles. The number of halogens is 3. The number of carboxylic acids is 1. The minimum absolute atomic E-state index is 0.221. The Balaban J connectivity index is 1.63. The van der Waals surface area contributed by atoms with Crippen LogP contribution >= 0.6 is 11.8 Å². The number of amidine groups is 1. The van der Waals surface area contributed by atoms with Crippen LogP contribution in [-0.4, -0.2) is 33.6 Å². The van der Waals surface area contributed by atoms with Crippen LogP contribution < -0.4 is 5.32 Å². The van der Waals surface area contributed by atoms with E-state index in [0.717, 1.165) is 29.5 Å². The van der Waals surface area contributed by atoms with Crippen LogP contribution in [0.15, 0.2) is 58.7 Å². The summed E-state index contributed by atoms with van der Waals surface area (Å²) >= 11 is 0.999.